The summed E-state index contributed by atoms with van der Waals surface area (Å²) in [6, 6.07) is 5.38. The average molecular weight is 354 g/mol. The number of amides is 1. The van der Waals surface area contributed by atoms with Crippen LogP contribution in [0.1, 0.15) is 43.0 Å². The van der Waals surface area contributed by atoms with Gasteiger partial charge in [-0.3, -0.25) is 9.59 Å². The first-order chi connectivity index (χ1) is 10.1. The largest absolute Gasteiger partial charge is 0.483 e. The zero-order valence-corrected chi connectivity index (χ0v) is 13.7. The molecule has 2 atom stereocenters. The molecule has 0 radical (unpaired) electrons. The van der Waals surface area contributed by atoms with Gasteiger partial charge >= 0.3 is 0 Å². The highest BCUT2D eigenvalue weighted by Crippen LogP contribution is 2.24. The third kappa shape index (κ3) is 4.56. The Bertz CT molecular complexity index is 518. The van der Waals surface area contributed by atoms with Gasteiger partial charge in [-0.05, 0) is 37.0 Å². The maximum Gasteiger partial charge on any atom is 0.258 e. The van der Waals surface area contributed by atoms with E-state index in [4.69, 9.17) is 4.74 Å². The normalized spacial score (nSPS) is 21.6. The second-order valence-corrected chi connectivity index (χ2v) is 6.44. The van der Waals surface area contributed by atoms with Crippen LogP contribution in [0.25, 0.3) is 0 Å². The van der Waals surface area contributed by atoms with Crippen LogP contribution in [0, 0.1) is 5.92 Å². The van der Waals surface area contributed by atoms with Crippen LogP contribution in [-0.4, -0.2) is 24.8 Å². The van der Waals surface area contributed by atoms with Crippen molar-refractivity contribution < 1.29 is 14.3 Å². The maximum atomic E-state index is 12.0. The van der Waals surface area contributed by atoms with Gasteiger partial charge in [-0.2, -0.15) is 0 Å². The predicted octanol–water partition coefficient (Wildman–Crippen LogP) is 3.34. The van der Waals surface area contributed by atoms with Gasteiger partial charge in [0.25, 0.3) is 5.91 Å². The number of nitrogens with one attached hydrogen (secondary N) is 1. The molecule has 1 amide bonds. The zero-order valence-electron chi connectivity index (χ0n) is 12.1. The zero-order chi connectivity index (χ0) is 15.2. The monoisotopic (exact) mass is 353 g/mol. The van der Waals surface area contributed by atoms with E-state index in [1.54, 1.807) is 18.2 Å². The third-order valence-electron chi connectivity index (χ3n) is 3.92. The molecule has 0 bridgehead atoms. The Kier molecular flexibility index (Phi) is 5.79. The molecule has 0 aromatic heterocycles. The molecule has 0 spiro atoms. The quantitative estimate of drug-likeness (QED) is 0.826. The average Bonchev–Trinajstić information content (AvgIpc) is 2.48. The number of rotatable bonds is 5. The first kappa shape index (κ1) is 16.0. The Hall–Kier alpha value is -1.36. The Morgan fingerprint density at radius 1 is 1.43 bits per heavy atom. The second-order valence-electron chi connectivity index (χ2n) is 5.52. The van der Waals surface area contributed by atoms with Crippen molar-refractivity contribution in [3.05, 3.63) is 28.2 Å². The summed E-state index contributed by atoms with van der Waals surface area (Å²) in [7, 11) is 0. The molecule has 1 saturated carbocycles. The number of aldehydes is 1. The van der Waals surface area contributed by atoms with Crippen molar-refractivity contribution in [1.29, 1.82) is 0 Å². The van der Waals surface area contributed by atoms with Crippen LogP contribution in [0.5, 0.6) is 5.75 Å². The summed E-state index contributed by atoms with van der Waals surface area (Å²) in [5.41, 5.74) is 0.434. The van der Waals surface area contributed by atoms with Gasteiger partial charge in [-0.1, -0.05) is 35.7 Å². The molecule has 0 saturated heterocycles. The van der Waals surface area contributed by atoms with E-state index in [1.807, 2.05) is 0 Å². The fourth-order valence-electron chi connectivity index (χ4n) is 2.67. The van der Waals surface area contributed by atoms with Crippen molar-refractivity contribution in [3.63, 3.8) is 0 Å². The molecule has 1 aliphatic carbocycles. The molecule has 114 valence electrons. The fraction of sp³-hybridized carbons (Fsp3) is 0.500. The van der Waals surface area contributed by atoms with Gasteiger partial charge in [0.15, 0.2) is 12.9 Å². The highest BCUT2D eigenvalue weighted by molar-refractivity contribution is 9.10. The maximum absolute atomic E-state index is 12.0. The van der Waals surface area contributed by atoms with E-state index in [0.717, 1.165) is 30.0 Å². The van der Waals surface area contributed by atoms with Crippen LogP contribution >= 0.6 is 15.9 Å². The standard InChI is InChI=1S/C16H20BrNO3/c1-11-4-2-3-5-14(11)18-16(20)10-21-15-7-6-13(17)8-12(15)9-19/h6-9,11,14H,2-5,10H2,1H3,(H,18,20)/t11-,14-/m0/s1. The van der Waals surface area contributed by atoms with E-state index >= 15 is 0 Å². The second kappa shape index (κ2) is 7.59. The number of ether oxygens (including phenoxy) is 1. The Morgan fingerprint density at radius 3 is 2.90 bits per heavy atom. The minimum atomic E-state index is -0.131. The number of halogens is 1. The predicted molar refractivity (Wildman–Crippen MR) is 84.6 cm³/mol. The highest BCUT2D eigenvalue weighted by Gasteiger charge is 2.22. The third-order valence-corrected chi connectivity index (χ3v) is 4.41. The molecule has 1 aromatic carbocycles. The number of carbonyl (C=O) groups is 2. The van der Waals surface area contributed by atoms with E-state index in [1.165, 1.54) is 6.42 Å². The molecule has 21 heavy (non-hydrogen) atoms. The molecule has 0 unspecified atom stereocenters. The van der Waals surface area contributed by atoms with Gasteiger partial charge in [-0.15, -0.1) is 0 Å². The van der Waals surface area contributed by atoms with Crippen molar-refractivity contribution in [2.75, 3.05) is 6.61 Å². The number of benzene rings is 1. The van der Waals surface area contributed by atoms with E-state index in [2.05, 4.69) is 28.2 Å². The lowest BCUT2D eigenvalue weighted by molar-refractivity contribution is -0.124. The summed E-state index contributed by atoms with van der Waals surface area (Å²) < 4.78 is 6.26. The number of carbonyl (C=O) groups excluding carboxylic acids is 2. The molecule has 0 aliphatic heterocycles. The smallest absolute Gasteiger partial charge is 0.258 e. The summed E-state index contributed by atoms with van der Waals surface area (Å²) in [6.45, 7) is 2.11. The SMILES string of the molecule is C[C@H]1CCCC[C@@H]1NC(=O)COc1ccc(Br)cc1C=O. The van der Waals surface area contributed by atoms with Crippen molar-refractivity contribution in [2.24, 2.45) is 5.92 Å². The van der Waals surface area contributed by atoms with Gasteiger partial charge in [0.05, 0.1) is 5.56 Å². The van der Waals surface area contributed by atoms with E-state index < -0.39 is 0 Å². The first-order valence-electron chi connectivity index (χ1n) is 7.27. The lowest BCUT2D eigenvalue weighted by Crippen LogP contribution is -2.43. The van der Waals surface area contributed by atoms with E-state index in [-0.39, 0.29) is 18.6 Å². The lowest BCUT2D eigenvalue weighted by Gasteiger charge is -2.29. The van der Waals surface area contributed by atoms with E-state index in [0.29, 0.717) is 17.2 Å². The topological polar surface area (TPSA) is 55.4 Å². The summed E-state index contributed by atoms with van der Waals surface area (Å²) in [5.74, 6) is 0.814. The fourth-order valence-corrected chi connectivity index (χ4v) is 3.04. The van der Waals surface area contributed by atoms with Crippen molar-refractivity contribution in [3.8, 4) is 5.75 Å². The molecule has 5 heteroatoms. The molecule has 1 aliphatic rings. The molecule has 1 N–H and O–H groups in total. The summed E-state index contributed by atoms with van der Waals surface area (Å²) in [4.78, 5) is 22.9. The Morgan fingerprint density at radius 2 is 2.19 bits per heavy atom. The first-order valence-corrected chi connectivity index (χ1v) is 8.06. The number of hydrogen-bond donors (Lipinski definition) is 1. The summed E-state index contributed by atoms with van der Waals surface area (Å²) in [5, 5.41) is 3.03. The van der Waals surface area contributed by atoms with Crippen LogP contribution < -0.4 is 10.1 Å². The van der Waals surface area contributed by atoms with Crippen LogP contribution in [0.15, 0.2) is 22.7 Å². The van der Waals surface area contributed by atoms with Gasteiger partial charge in [0, 0.05) is 10.5 Å². The van der Waals surface area contributed by atoms with Gasteiger partial charge < -0.3 is 10.1 Å². The molecule has 2 rings (SSSR count). The summed E-state index contributed by atoms with van der Waals surface area (Å²) in [6.07, 6.45) is 5.32. The molecule has 1 fully saturated rings. The summed E-state index contributed by atoms with van der Waals surface area (Å²) >= 11 is 3.30. The van der Waals surface area contributed by atoms with Crippen molar-refractivity contribution >= 4 is 28.1 Å². The Balaban J connectivity index is 1.87. The molecule has 0 heterocycles. The van der Waals surface area contributed by atoms with Crippen molar-refractivity contribution in [1.82, 2.24) is 5.32 Å². The van der Waals surface area contributed by atoms with Gasteiger partial charge in [0.1, 0.15) is 5.75 Å². The number of hydrogen-bond acceptors (Lipinski definition) is 3. The van der Waals surface area contributed by atoms with E-state index in [9.17, 15) is 9.59 Å². The highest BCUT2D eigenvalue weighted by atomic mass is 79.9. The van der Waals surface area contributed by atoms with Crippen LogP contribution in [-0.2, 0) is 4.79 Å². The molecular weight excluding hydrogens is 334 g/mol. The Labute approximate surface area is 133 Å². The molecular formula is C16H20BrNO3. The van der Waals surface area contributed by atoms with Crippen LogP contribution in [0.4, 0.5) is 0 Å². The molecule has 1 aromatic rings. The van der Waals surface area contributed by atoms with Gasteiger partial charge in [-0.25, -0.2) is 0 Å². The lowest BCUT2D eigenvalue weighted by atomic mass is 9.86. The minimum absolute atomic E-state index is 0.0638. The van der Waals surface area contributed by atoms with Crippen LogP contribution in [0.2, 0.25) is 0 Å². The minimum Gasteiger partial charge on any atom is -0.483 e. The van der Waals surface area contributed by atoms with Crippen LogP contribution in [0.3, 0.4) is 0 Å². The molecule has 4 nitrogen and oxygen atoms in total. The van der Waals surface area contributed by atoms with Crippen molar-refractivity contribution in [2.45, 2.75) is 38.6 Å². The van der Waals surface area contributed by atoms with Gasteiger partial charge in [0.2, 0.25) is 0 Å².